The zero-order valence-corrected chi connectivity index (χ0v) is 21.9. The first-order valence-electron chi connectivity index (χ1n) is 12.2. The van der Waals surface area contributed by atoms with Gasteiger partial charge in [-0.05, 0) is 55.3 Å². The number of hydrogen-bond donors (Lipinski definition) is 3. The third-order valence-corrected chi connectivity index (χ3v) is 5.67. The van der Waals surface area contributed by atoms with Gasteiger partial charge < -0.3 is 25.8 Å². The van der Waals surface area contributed by atoms with Gasteiger partial charge in [-0.15, -0.1) is 0 Å². The molecule has 3 rings (SSSR count). The van der Waals surface area contributed by atoms with Crippen LogP contribution in [0.4, 0.5) is 5.69 Å². The van der Waals surface area contributed by atoms with E-state index in [-0.39, 0.29) is 12.0 Å². The maximum Gasteiger partial charge on any atom is 0.328 e. The van der Waals surface area contributed by atoms with E-state index >= 15 is 0 Å². The molecule has 0 aliphatic heterocycles. The minimum absolute atomic E-state index is 0.141. The Morgan fingerprint density at radius 3 is 2.26 bits per heavy atom. The van der Waals surface area contributed by atoms with Crippen LogP contribution in [0.25, 0.3) is 10.8 Å². The van der Waals surface area contributed by atoms with Crippen molar-refractivity contribution in [3.05, 3.63) is 77.9 Å². The third kappa shape index (κ3) is 7.80. The summed E-state index contributed by atoms with van der Waals surface area (Å²) in [6, 6.07) is 17.2. The number of methoxy groups -OCH3 is 1. The van der Waals surface area contributed by atoms with Crippen molar-refractivity contribution < 1.29 is 28.7 Å². The molecule has 38 heavy (non-hydrogen) atoms. The van der Waals surface area contributed by atoms with Crippen LogP contribution in [-0.2, 0) is 30.3 Å². The summed E-state index contributed by atoms with van der Waals surface area (Å²) in [7, 11) is 1.23. The number of carbonyl (C=O) groups excluding carboxylic acids is 4. The van der Waals surface area contributed by atoms with Crippen LogP contribution >= 0.6 is 0 Å². The summed E-state index contributed by atoms with van der Waals surface area (Å²) in [5, 5.41) is 7.14. The highest BCUT2D eigenvalue weighted by atomic mass is 16.6. The van der Waals surface area contributed by atoms with E-state index in [1.807, 2.05) is 42.5 Å². The molecule has 4 N–H and O–H groups in total. The summed E-state index contributed by atoms with van der Waals surface area (Å²) in [4.78, 5) is 51.6. The quantitative estimate of drug-likeness (QED) is 0.292. The maximum absolute atomic E-state index is 13.4. The molecule has 2 atom stereocenters. The molecule has 0 aliphatic carbocycles. The SMILES string of the molecule is COC(=O)[C@H](Cc1cccc2ccccc12)NC(=O)[C@H](CC(=O)OC(C)(C)C)NC(=O)c1cccc(N)c1. The Morgan fingerprint density at radius 1 is 0.895 bits per heavy atom. The van der Waals surface area contributed by atoms with Crippen LogP contribution < -0.4 is 16.4 Å². The van der Waals surface area contributed by atoms with Gasteiger partial charge in [0.15, 0.2) is 0 Å². The highest BCUT2D eigenvalue weighted by Crippen LogP contribution is 2.20. The fraction of sp³-hybridized carbons (Fsp3) is 0.310. The summed E-state index contributed by atoms with van der Waals surface area (Å²) in [5.41, 5.74) is 6.39. The van der Waals surface area contributed by atoms with Crippen LogP contribution in [0.5, 0.6) is 0 Å². The van der Waals surface area contributed by atoms with E-state index in [2.05, 4.69) is 10.6 Å². The molecule has 2 amide bonds. The molecular formula is C29H33N3O6. The smallest absolute Gasteiger partial charge is 0.328 e. The molecule has 9 nitrogen and oxygen atoms in total. The molecule has 0 aliphatic rings. The van der Waals surface area contributed by atoms with Crippen molar-refractivity contribution in [3.63, 3.8) is 0 Å². The van der Waals surface area contributed by atoms with E-state index in [9.17, 15) is 19.2 Å². The summed E-state index contributed by atoms with van der Waals surface area (Å²) in [5.74, 6) is -2.69. The number of nitrogen functional groups attached to an aromatic ring is 1. The molecule has 3 aromatic carbocycles. The van der Waals surface area contributed by atoms with Crippen LogP contribution in [0.2, 0.25) is 0 Å². The first-order valence-corrected chi connectivity index (χ1v) is 12.2. The number of ether oxygens (including phenoxy) is 2. The lowest BCUT2D eigenvalue weighted by Crippen LogP contribution is -2.53. The van der Waals surface area contributed by atoms with Crippen LogP contribution in [0, 0.1) is 0 Å². The second kappa shape index (κ2) is 12.2. The molecule has 0 saturated carbocycles. The predicted molar refractivity (Wildman–Crippen MR) is 144 cm³/mol. The van der Waals surface area contributed by atoms with Gasteiger partial charge in [0.2, 0.25) is 5.91 Å². The van der Waals surface area contributed by atoms with Gasteiger partial charge >= 0.3 is 11.9 Å². The standard InChI is InChI=1S/C29H33N3O6/c1-29(2,3)38-25(33)17-23(31-26(34)20-12-8-13-21(30)15-20)27(35)32-24(28(36)37-4)16-19-11-7-10-18-9-5-6-14-22(18)19/h5-15,23-24H,16-17,30H2,1-4H3,(H,31,34)(H,32,35)/t23-,24-/m0/s1. The monoisotopic (exact) mass is 519 g/mol. The van der Waals surface area contributed by atoms with Crippen LogP contribution in [0.1, 0.15) is 43.1 Å². The highest BCUT2D eigenvalue weighted by Gasteiger charge is 2.31. The van der Waals surface area contributed by atoms with Gasteiger partial charge in [0.05, 0.1) is 13.5 Å². The Labute approximate surface area is 221 Å². The summed E-state index contributed by atoms with van der Waals surface area (Å²) in [6.07, 6.45) is -0.304. The number of nitrogens with one attached hydrogen (secondary N) is 2. The number of fused-ring (bicyclic) bond motifs is 1. The maximum atomic E-state index is 13.4. The number of carbonyl (C=O) groups is 4. The number of benzene rings is 3. The van der Waals surface area contributed by atoms with E-state index in [1.54, 1.807) is 32.9 Å². The minimum atomic E-state index is -1.32. The normalized spacial score (nSPS) is 12.7. The second-order valence-corrected chi connectivity index (χ2v) is 9.87. The van der Waals surface area contributed by atoms with Crippen molar-refractivity contribution in [2.45, 2.75) is 51.3 Å². The first-order chi connectivity index (χ1) is 18.0. The fourth-order valence-electron chi connectivity index (χ4n) is 3.98. The average molecular weight is 520 g/mol. The molecule has 0 heterocycles. The van der Waals surface area contributed by atoms with Gasteiger partial charge in [-0.1, -0.05) is 48.5 Å². The van der Waals surface area contributed by atoms with E-state index in [4.69, 9.17) is 15.2 Å². The van der Waals surface area contributed by atoms with E-state index in [0.717, 1.165) is 16.3 Å². The number of nitrogens with two attached hydrogens (primary N) is 1. The molecule has 0 unspecified atom stereocenters. The molecule has 0 fully saturated rings. The van der Waals surface area contributed by atoms with Gasteiger partial charge in [0, 0.05) is 17.7 Å². The molecule has 0 bridgehead atoms. The van der Waals surface area contributed by atoms with Crippen molar-refractivity contribution in [1.82, 2.24) is 10.6 Å². The summed E-state index contributed by atoms with van der Waals surface area (Å²) >= 11 is 0. The Kier molecular flexibility index (Phi) is 9.07. The summed E-state index contributed by atoms with van der Waals surface area (Å²) in [6.45, 7) is 5.09. The molecule has 0 radical (unpaired) electrons. The Hall–Kier alpha value is -4.40. The Balaban J connectivity index is 1.85. The summed E-state index contributed by atoms with van der Waals surface area (Å²) < 4.78 is 10.3. The molecule has 0 saturated heterocycles. The van der Waals surface area contributed by atoms with Crippen LogP contribution in [-0.4, -0.2) is 48.5 Å². The van der Waals surface area contributed by atoms with Crippen molar-refractivity contribution in [2.75, 3.05) is 12.8 Å². The third-order valence-electron chi connectivity index (χ3n) is 5.67. The first kappa shape index (κ1) is 28.2. The molecule has 0 spiro atoms. The van der Waals surface area contributed by atoms with Gasteiger partial charge in [0.25, 0.3) is 5.91 Å². The lowest BCUT2D eigenvalue weighted by atomic mass is 9.98. The Morgan fingerprint density at radius 2 is 1.58 bits per heavy atom. The van der Waals surface area contributed by atoms with Crippen molar-refractivity contribution in [1.29, 1.82) is 0 Å². The Bertz CT molecular complexity index is 1330. The largest absolute Gasteiger partial charge is 0.467 e. The fourth-order valence-corrected chi connectivity index (χ4v) is 3.98. The molecule has 0 aromatic heterocycles. The minimum Gasteiger partial charge on any atom is -0.467 e. The molecule has 200 valence electrons. The number of rotatable bonds is 9. The van der Waals surface area contributed by atoms with Crippen molar-refractivity contribution in [2.24, 2.45) is 0 Å². The second-order valence-electron chi connectivity index (χ2n) is 9.87. The van der Waals surface area contributed by atoms with Crippen molar-refractivity contribution >= 4 is 40.2 Å². The number of esters is 2. The number of amides is 2. The van der Waals surface area contributed by atoms with Gasteiger partial charge in [-0.3, -0.25) is 14.4 Å². The highest BCUT2D eigenvalue weighted by molar-refractivity contribution is 6.00. The van der Waals surface area contributed by atoms with Crippen LogP contribution in [0.15, 0.2) is 66.7 Å². The van der Waals surface area contributed by atoms with Gasteiger partial charge in [-0.2, -0.15) is 0 Å². The van der Waals surface area contributed by atoms with Crippen LogP contribution in [0.3, 0.4) is 0 Å². The molecule has 9 heteroatoms. The van der Waals surface area contributed by atoms with Gasteiger partial charge in [0.1, 0.15) is 17.7 Å². The topological polar surface area (TPSA) is 137 Å². The zero-order chi connectivity index (χ0) is 27.9. The molecule has 3 aromatic rings. The van der Waals surface area contributed by atoms with E-state index < -0.39 is 47.9 Å². The van der Waals surface area contributed by atoms with Gasteiger partial charge in [-0.25, -0.2) is 4.79 Å². The average Bonchev–Trinajstić information content (AvgIpc) is 2.86. The lowest BCUT2D eigenvalue weighted by molar-refractivity contribution is -0.156. The number of hydrogen-bond acceptors (Lipinski definition) is 7. The zero-order valence-electron chi connectivity index (χ0n) is 21.9. The molecular weight excluding hydrogens is 486 g/mol. The van der Waals surface area contributed by atoms with Crippen molar-refractivity contribution in [3.8, 4) is 0 Å². The van der Waals surface area contributed by atoms with E-state index in [1.165, 1.54) is 19.2 Å². The predicted octanol–water partition coefficient (Wildman–Crippen LogP) is 3.15. The lowest BCUT2D eigenvalue weighted by Gasteiger charge is -2.24. The number of anilines is 1. The van der Waals surface area contributed by atoms with E-state index in [0.29, 0.717) is 5.69 Å².